The lowest BCUT2D eigenvalue weighted by Crippen LogP contribution is -2.13. The standard InChI is InChI=1S/C12H13FN2O/c1-9-2-3-12(13)10(6-9)7-14-8-11-4-5-15-16-11/h2-6,14H,7-8H2,1H3. The molecule has 0 aliphatic heterocycles. The average Bonchev–Trinajstić information content (AvgIpc) is 2.76. The van der Waals surface area contributed by atoms with Crippen LogP contribution in [-0.4, -0.2) is 5.16 Å². The fourth-order valence-corrected chi connectivity index (χ4v) is 1.49. The molecule has 16 heavy (non-hydrogen) atoms. The Morgan fingerprint density at radius 2 is 2.19 bits per heavy atom. The molecular formula is C12H13FN2O. The Kier molecular flexibility index (Phi) is 3.31. The highest BCUT2D eigenvalue weighted by molar-refractivity contribution is 5.23. The van der Waals surface area contributed by atoms with Gasteiger partial charge in [0.15, 0.2) is 0 Å². The molecular weight excluding hydrogens is 207 g/mol. The van der Waals surface area contributed by atoms with Crippen LogP contribution in [0.2, 0.25) is 0 Å². The molecule has 0 amide bonds. The van der Waals surface area contributed by atoms with E-state index in [1.165, 1.54) is 6.07 Å². The van der Waals surface area contributed by atoms with Crippen LogP contribution in [0.15, 0.2) is 35.0 Å². The zero-order valence-corrected chi connectivity index (χ0v) is 9.03. The van der Waals surface area contributed by atoms with Crippen LogP contribution in [0.1, 0.15) is 16.9 Å². The zero-order valence-electron chi connectivity index (χ0n) is 9.03. The van der Waals surface area contributed by atoms with E-state index in [1.54, 1.807) is 18.3 Å². The summed E-state index contributed by atoms with van der Waals surface area (Å²) >= 11 is 0. The molecule has 84 valence electrons. The molecule has 0 unspecified atom stereocenters. The summed E-state index contributed by atoms with van der Waals surface area (Å²) in [4.78, 5) is 0. The van der Waals surface area contributed by atoms with Gasteiger partial charge >= 0.3 is 0 Å². The third-order valence-electron chi connectivity index (χ3n) is 2.31. The summed E-state index contributed by atoms with van der Waals surface area (Å²) in [6.07, 6.45) is 1.59. The van der Waals surface area contributed by atoms with Crippen LogP contribution < -0.4 is 5.32 Å². The smallest absolute Gasteiger partial charge is 0.150 e. The van der Waals surface area contributed by atoms with Gasteiger partial charge < -0.3 is 9.84 Å². The van der Waals surface area contributed by atoms with Crippen molar-refractivity contribution in [1.82, 2.24) is 10.5 Å². The maximum absolute atomic E-state index is 13.4. The molecule has 1 aromatic carbocycles. The number of aromatic nitrogens is 1. The Hall–Kier alpha value is -1.68. The highest BCUT2D eigenvalue weighted by Gasteiger charge is 2.02. The number of aryl methyl sites for hydroxylation is 1. The molecule has 1 aromatic heterocycles. The molecule has 0 saturated carbocycles. The molecule has 0 bridgehead atoms. The predicted octanol–water partition coefficient (Wildman–Crippen LogP) is 2.41. The Balaban J connectivity index is 1.92. The normalized spacial score (nSPS) is 10.6. The van der Waals surface area contributed by atoms with Gasteiger partial charge in [0, 0.05) is 18.2 Å². The van der Waals surface area contributed by atoms with Crippen molar-refractivity contribution in [2.24, 2.45) is 0 Å². The SMILES string of the molecule is Cc1ccc(F)c(CNCc2ccno2)c1. The van der Waals surface area contributed by atoms with Gasteiger partial charge in [0.1, 0.15) is 11.6 Å². The molecule has 0 saturated heterocycles. The zero-order chi connectivity index (χ0) is 11.4. The summed E-state index contributed by atoms with van der Waals surface area (Å²) in [5.41, 5.74) is 1.72. The summed E-state index contributed by atoms with van der Waals surface area (Å²) in [5, 5.41) is 6.69. The van der Waals surface area contributed by atoms with Crippen LogP contribution in [0.25, 0.3) is 0 Å². The second-order valence-electron chi connectivity index (χ2n) is 3.68. The lowest BCUT2D eigenvalue weighted by atomic mass is 10.1. The molecule has 2 rings (SSSR count). The third-order valence-corrected chi connectivity index (χ3v) is 2.31. The van der Waals surface area contributed by atoms with Gasteiger partial charge in [0.05, 0.1) is 12.7 Å². The number of hydrogen-bond donors (Lipinski definition) is 1. The monoisotopic (exact) mass is 220 g/mol. The first-order chi connectivity index (χ1) is 7.75. The molecule has 1 N–H and O–H groups in total. The van der Waals surface area contributed by atoms with Crippen molar-refractivity contribution < 1.29 is 8.91 Å². The minimum Gasteiger partial charge on any atom is -0.360 e. The number of halogens is 1. The molecule has 0 atom stereocenters. The van der Waals surface area contributed by atoms with E-state index in [0.29, 0.717) is 18.7 Å². The van der Waals surface area contributed by atoms with Crippen molar-refractivity contribution in [3.8, 4) is 0 Å². The van der Waals surface area contributed by atoms with Gasteiger partial charge in [-0.3, -0.25) is 0 Å². The van der Waals surface area contributed by atoms with E-state index in [9.17, 15) is 4.39 Å². The first-order valence-corrected chi connectivity index (χ1v) is 5.11. The van der Waals surface area contributed by atoms with E-state index in [-0.39, 0.29) is 5.82 Å². The minimum atomic E-state index is -0.185. The highest BCUT2D eigenvalue weighted by atomic mass is 19.1. The van der Waals surface area contributed by atoms with Crippen LogP contribution in [0.3, 0.4) is 0 Å². The van der Waals surface area contributed by atoms with Gasteiger partial charge in [-0.15, -0.1) is 0 Å². The van der Waals surface area contributed by atoms with Crippen molar-refractivity contribution >= 4 is 0 Å². The number of rotatable bonds is 4. The van der Waals surface area contributed by atoms with Gasteiger partial charge in [-0.05, 0) is 13.0 Å². The first-order valence-electron chi connectivity index (χ1n) is 5.11. The Morgan fingerprint density at radius 1 is 1.31 bits per heavy atom. The quantitative estimate of drug-likeness (QED) is 0.859. The Labute approximate surface area is 93.3 Å². The van der Waals surface area contributed by atoms with E-state index < -0.39 is 0 Å². The maximum atomic E-state index is 13.4. The number of hydrogen-bond acceptors (Lipinski definition) is 3. The Bertz CT molecular complexity index is 454. The van der Waals surface area contributed by atoms with E-state index >= 15 is 0 Å². The van der Waals surface area contributed by atoms with Gasteiger partial charge in [-0.2, -0.15) is 0 Å². The topological polar surface area (TPSA) is 38.1 Å². The molecule has 0 radical (unpaired) electrons. The molecule has 1 heterocycles. The molecule has 0 aliphatic rings. The van der Waals surface area contributed by atoms with Crippen molar-refractivity contribution in [3.05, 3.63) is 53.2 Å². The van der Waals surface area contributed by atoms with E-state index in [0.717, 1.165) is 11.3 Å². The third kappa shape index (κ3) is 2.67. The average molecular weight is 220 g/mol. The summed E-state index contributed by atoms with van der Waals surface area (Å²) in [6, 6.07) is 6.86. The molecule has 0 spiro atoms. The van der Waals surface area contributed by atoms with Crippen molar-refractivity contribution in [3.63, 3.8) is 0 Å². The van der Waals surface area contributed by atoms with Gasteiger partial charge in [-0.25, -0.2) is 4.39 Å². The minimum absolute atomic E-state index is 0.185. The number of nitrogens with zero attached hydrogens (tertiary/aromatic N) is 1. The van der Waals surface area contributed by atoms with Gasteiger partial charge in [0.2, 0.25) is 0 Å². The van der Waals surface area contributed by atoms with Crippen molar-refractivity contribution in [2.45, 2.75) is 20.0 Å². The van der Waals surface area contributed by atoms with E-state index in [1.807, 2.05) is 13.0 Å². The van der Waals surface area contributed by atoms with Crippen LogP contribution in [-0.2, 0) is 13.1 Å². The molecule has 0 fully saturated rings. The summed E-state index contributed by atoms with van der Waals surface area (Å²) in [7, 11) is 0. The Morgan fingerprint density at radius 3 is 2.94 bits per heavy atom. The van der Waals surface area contributed by atoms with Gasteiger partial charge in [0.25, 0.3) is 0 Å². The lowest BCUT2D eigenvalue weighted by molar-refractivity contribution is 0.372. The molecule has 2 aromatic rings. The van der Waals surface area contributed by atoms with Crippen molar-refractivity contribution in [2.75, 3.05) is 0 Å². The summed E-state index contributed by atoms with van der Waals surface area (Å²) in [5.74, 6) is 0.559. The second kappa shape index (κ2) is 4.90. The molecule has 4 heteroatoms. The number of nitrogens with one attached hydrogen (secondary N) is 1. The summed E-state index contributed by atoms with van der Waals surface area (Å²) < 4.78 is 18.3. The van der Waals surface area contributed by atoms with E-state index in [4.69, 9.17) is 4.52 Å². The fraction of sp³-hybridized carbons (Fsp3) is 0.250. The fourth-order valence-electron chi connectivity index (χ4n) is 1.49. The van der Waals surface area contributed by atoms with Crippen LogP contribution >= 0.6 is 0 Å². The van der Waals surface area contributed by atoms with Crippen LogP contribution in [0.5, 0.6) is 0 Å². The predicted molar refractivity (Wildman–Crippen MR) is 58.2 cm³/mol. The first kappa shape index (κ1) is 10.8. The lowest BCUT2D eigenvalue weighted by Gasteiger charge is -2.05. The number of benzene rings is 1. The van der Waals surface area contributed by atoms with Crippen LogP contribution in [0.4, 0.5) is 4.39 Å². The van der Waals surface area contributed by atoms with E-state index in [2.05, 4.69) is 10.5 Å². The molecule has 3 nitrogen and oxygen atoms in total. The van der Waals surface area contributed by atoms with Gasteiger partial charge in [-0.1, -0.05) is 22.9 Å². The maximum Gasteiger partial charge on any atom is 0.150 e. The summed E-state index contributed by atoms with van der Waals surface area (Å²) in [6.45, 7) is 2.97. The van der Waals surface area contributed by atoms with Crippen molar-refractivity contribution in [1.29, 1.82) is 0 Å². The highest BCUT2D eigenvalue weighted by Crippen LogP contribution is 2.09. The molecule has 0 aliphatic carbocycles. The second-order valence-corrected chi connectivity index (χ2v) is 3.68. The van der Waals surface area contributed by atoms with Crippen LogP contribution in [0, 0.1) is 12.7 Å². The largest absolute Gasteiger partial charge is 0.360 e.